The summed E-state index contributed by atoms with van der Waals surface area (Å²) in [6.45, 7) is 4.68. The van der Waals surface area contributed by atoms with E-state index in [4.69, 9.17) is 5.73 Å². The first-order chi connectivity index (χ1) is 6.70. The lowest BCUT2D eigenvalue weighted by Gasteiger charge is -2.12. The summed E-state index contributed by atoms with van der Waals surface area (Å²) in [7, 11) is 0. The predicted octanol–water partition coefficient (Wildman–Crippen LogP) is 1.73. The Morgan fingerprint density at radius 3 is 2.79 bits per heavy atom. The van der Waals surface area contributed by atoms with Crippen LogP contribution in [0.25, 0.3) is 0 Å². The maximum absolute atomic E-state index is 5.72. The fourth-order valence-electron chi connectivity index (χ4n) is 1.66. The number of hydrogen-bond acceptors (Lipinski definition) is 3. The molecule has 76 valence electrons. The molecule has 1 aromatic rings. The molecule has 1 fully saturated rings. The zero-order valence-electron chi connectivity index (χ0n) is 8.80. The highest BCUT2D eigenvalue weighted by atomic mass is 15.0. The number of aryl methyl sites for hydroxylation is 2. The second-order valence-corrected chi connectivity index (χ2v) is 4.03. The average Bonchev–Trinajstić information content (AvgIpc) is 2.87. The van der Waals surface area contributed by atoms with E-state index in [1.807, 2.05) is 6.92 Å². The van der Waals surface area contributed by atoms with Crippen molar-refractivity contribution in [1.29, 1.82) is 0 Å². The number of nitrogens with one attached hydrogen (secondary N) is 1. The van der Waals surface area contributed by atoms with Crippen LogP contribution >= 0.6 is 0 Å². The van der Waals surface area contributed by atoms with Gasteiger partial charge in [-0.1, -0.05) is 0 Å². The molecule has 3 nitrogen and oxygen atoms in total. The molecular weight excluding hydrogens is 174 g/mol. The number of rotatable bonds is 3. The first-order valence-corrected chi connectivity index (χ1v) is 5.14. The second kappa shape index (κ2) is 3.58. The molecule has 0 aromatic carbocycles. The molecule has 0 spiro atoms. The van der Waals surface area contributed by atoms with Crippen LogP contribution in [0.4, 0.5) is 5.82 Å². The van der Waals surface area contributed by atoms with Gasteiger partial charge in [0.15, 0.2) is 0 Å². The Bertz CT molecular complexity index is 343. The van der Waals surface area contributed by atoms with Crippen molar-refractivity contribution >= 4 is 5.82 Å². The number of hydrogen-bond donors (Lipinski definition) is 2. The van der Waals surface area contributed by atoms with E-state index >= 15 is 0 Å². The van der Waals surface area contributed by atoms with Crippen LogP contribution in [0.15, 0.2) is 6.07 Å². The summed E-state index contributed by atoms with van der Waals surface area (Å²) in [6, 6.07) is 2.72. The minimum Gasteiger partial charge on any atom is -0.367 e. The molecule has 2 rings (SSSR count). The van der Waals surface area contributed by atoms with Gasteiger partial charge in [-0.25, -0.2) is 4.98 Å². The Balaban J connectivity index is 2.33. The third-order valence-electron chi connectivity index (χ3n) is 2.60. The minimum atomic E-state index is 0.564. The molecule has 0 radical (unpaired) electrons. The van der Waals surface area contributed by atoms with E-state index in [1.54, 1.807) is 0 Å². The summed E-state index contributed by atoms with van der Waals surface area (Å²) < 4.78 is 0. The molecule has 0 atom stereocenters. The van der Waals surface area contributed by atoms with Crippen molar-refractivity contribution in [2.75, 3.05) is 5.32 Å². The lowest BCUT2D eigenvalue weighted by Crippen LogP contribution is -2.11. The fourth-order valence-corrected chi connectivity index (χ4v) is 1.66. The van der Waals surface area contributed by atoms with Crippen LogP contribution < -0.4 is 11.1 Å². The maximum Gasteiger partial charge on any atom is 0.131 e. The maximum atomic E-state index is 5.72. The fraction of sp³-hybridized carbons (Fsp3) is 0.545. The Morgan fingerprint density at radius 1 is 1.50 bits per heavy atom. The van der Waals surface area contributed by atoms with Gasteiger partial charge < -0.3 is 11.1 Å². The van der Waals surface area contributed by atoms with Gasteiger partial charge >= 0.3 is 0 Å². The quantitative estimate of drug-likeness (QED) is 0.765. The molecule has 1 saturated carbocycles. The number of nitrogens with two attached hydrogens (primary N) is 1. The van der Waals surface area contributed by atoms with Crippen LogP contribution in [0.1, 0.15) is 29.7 Å². The van der Waals surface area contributed by atoms with Crippen LogP contribution in [0.5, 0.6) is 0 Å². The summed E-state index contributed by atoms with van der Waals surface area (Å²) in [5, 5.41) is 3.43. The monoisotopic (exact) mass is 191 g/mol. The summed E-state index contributed by atoms with van der Waals surface area (Å²) in [5.74, 6) is 0.993. The molecule has 0 saturated heterocycles. The smallest absolute Gasteiger partial charge is 0.131 e. The first-order valence-electron chi connectivity index (χ1n) is 5.14. The summed E-state index contributed by atoms with van der Waals surface area (Å²) >= 11 is 0. The third-order valence-corrected chi connectivity index (χ3v) is 2.60. The molecule has 1 aliphatic rings. The van der Waals surface area contributed by atoms with E-state index in [1.165, 1.54) is 18.4 Å². The largest absolute Gasteiger partial charge is 0.367 e. The van der Waals surface area contributed by atoms with Crippen LogP contribution in [0.3, 0.4) is 0 Å². The van der Waals surface area contributed by atoms with Gasteiger partial charge in [0.25, 0.3) is 0 Å². The second-order valence-electron chi connectivity index (χ2n) is 4.03. The molecule has 0 bridgehead atoms. The van der Waals surface area contributed by atoms with Gasteiger partial charge in [0, 0.05) is 23.8 Å². The third kappa shape index (κ3) is 1.87. The lowest BCUT2D eigenvalue weighted by atomic mass is 10.1. The van der Waals surface area contributed by atoms with Crippen LogP contribution in [0, 0.1) is 13.8 Å². The summed E-state index contributed by atoms with van der Waals surface area (Å²) in [6.07, 6.45) is 2.53. The van der Waals surface area contributed by atoms with Crippen molar-refractivity contribution in [3.63, 3.8) is 0 Å². The minimum absolute atomic E-state index is 0.564. The normalized spacial score (nSPS) is 15.6. The van der Waals surface area contributed by atoms with Gasteiger partial charge in [-0.3, -0.25) is 0 Å². The number of pyridine rings is 1. The van der Waals surface area contributed by atoms with Crippen molar-refractivity contribution in [2.45, 2.75) is 39.3 Å². The van der Waals surface area contributed by atoms with E-state index in [-0.39, 0.29) is 0 Å². The molecule has 1 heterocycles. The van der Waals surface area contributed by atoms with Gasteiger partial charge in [0.2, 0.25) is 0 Å². The van der Waals surface area contributed by atoms with E-state index in [9.17, 15) is 0 Å². The molecule has 1 aromatic heterocycles. The van der Waals surface area contributed by atoms with E-state index < -0.39 is 0 Å². The van der Waals surface area contributed by atoms with E-state index in [2.05, 4.69) is 23.3 Å². The lowest BCUT2D eigenvalue weighted by molar-refractivity contribution is 0.987. The average molecular weight is 191 g/mol. The molecular formula is C11H17N3. The number of aromatic nitrogens is 1. The van der Waals surface area contributed by atoms with Crippen molar-refractivity contribution in [3.05, 3.63) is 22.9 Å². The molecule has 3 N–H and O–H groups in total. The van der Waals surface area contributed by atoms with E-state index in [0.717, 1.165) is 17.1 Å². The van der Waals surface area contributed by atoms with Gasteiger partial charge in [-0.15, -0.1) is 0 Å². The summed E-state index contributed by atoms with van der Waals surface area (Å²) in [5.41, 5.74) is 9.17. The van der Waals surface area contributed by atoms with Crippen molar-refractivity contribution in [1.82, 2.24) is 4.98 Å². The molecule has 1 aliphatic carbocycles. The first kappa shape index (κ1) is 9.46. The zero-order valence-corrected chi connectivity index (χ0v) is 8.80. The Labute approximate surface area is 84.7 Å². The van der Waals surface area contributed by atoms with Crippen molar-refractivity contribution in [3.8, 4) is 0 Å². The molecule has 0 amide bonds. The SMILES string of the molecule is Cc1cc(C)c(CN)c(NC2CC2)n1. The Hall–Kier alpha value is -1.09. The summed E-state index contributed by atoms with van der Waals surface area (Å²) in [4.78, 5) is 4.49. The zero-order chi connectivity index (χ0) is 10.1. The van der Waals surface area contributed by atoms with Crippen LogP contribution in [0.2, 0.25) is 0 Å². The highest BCUT2D eigenvalue weighted by Gasteiger charge is 2.22. The highest BCUT2D eigenvalue weighted by Crippen LogP contribution is 2.27. The predicted molar refractivity (Wildman–Crippen MR) is 58.2 cm³/mol. The van der Waals surface area contributed by atoms with Crippen molar-refractivity contribution < 1.29 is 0 Å². The highest BCUT2D eigenvalue weighted by molar-refractivity contribution is 5.50. The van der Waals surface area contributed by atoms with Crippen molar-refractivity contribution in [2.24, 2.45) is 5.73 Å². The van der Waals surface area contributed by atoms with Crippen LogP contribution in [-0.2, 0) is 6.54 Å². The van der Waals surface area contributed by atoms with Gasteiger partial charge in [-0.2, -0.15) is 0 Å². The Morgan fingerprint density at radius 2 is 2.21 bits per heavy atom. The number of anilines is 1. The molecule has 0 unspecified atom stereocenters. The van der Waals surface area contributed by atoms with Gasteiger partial charge in [0.1, 0.15) is 5.82 Å². The molecule has 0 aliphatic heterocycles. The van der Waals surface area contributed by atoms with E-state index in [0.29, 0.717) is 12.6 Å². The number of nitrogens with zero attached hydrogens (tertiary/aromatic N) is 1. The Kier molecular flexibility index (Phi) is 2.42. The molecule has 14 heavy (non-hydrogen) atoms. The topological polar surface area (TPSA) is 50.9 Å². The molecule has 3 heteroatoms. The van der Waals surface area contributed by atoms with Crippen LogP contribution in [-0.4, -0.2) is 11.0 Å². The van der Waals surface area contributed by atoms with Gasteiger partial charge in [0.05, 0.1) is 0 Å². The van der Waals surface area contributed by atoms with Gasteiger partial charge in [-0.05, 0) is 38.3 Å². The standard InChI is InChI=1S/C11H17N3/c1-7-5-8(2)13-11(10(7)6-12)14-9-3-4-9/h5,9H,3-4,6,12H2,1-2H3,(H,13,14).